The number of benzene rings is 5. The van der Waals surface area contributed by atoms with Gasteiger partial charge < -0.3 is 35.1 Å². The molecule has 68 heavy (non-hydrogen) atoms. The molecule has 0 aliphatic rings. The maximum Gasteiger partial charge on any atom is 0.407 e. The molecule has 2 aromatic heterocycles. The van der Waals surface area contributed by atoms with E-state index in [1.54, 1.807) is 107 Å². The summed E-state index contributed by atoms with van der Waals surface area (Å²) in [7, 11) is -5.25. The van der Waals surface area contributed by atoms with Gasteiger partial charge in [0.1, 0.15) is 32.6 Å². The van der Waals surface area contributed by atoms with Crippen LogP contribution < -0.4 is 30.0 Å². The van der Waals surface area contributed by atoms with Crippen molar-refractivity contribution in [2.24, 2.45) is 0 Å². The monoisotopic (exact) mass is 985 g/mol. The highest BCUT2D eigenvalue weighted by molar-refractivity contribution is 7.92. The topological polar surface area (TPSA) is 252 Å². The third kappa shape index (κ3) is 11.9. The number of carbonyl (C=O) groups is 1. The molecule has 2 heterocycles. The summed E-state index contributed by atoms with van der Waals surface area (Å²) >= 11 is 1.27. The predicted molar refractivity (Wildman–Crippen MR) is 256 cm³/mol. The molecule has 5 N–H and O–H groups in total. The van der Waals surface area contributed by atoms with Gasteiger partial charge in [-0.1, -0.05) is 59.9 Å². The molecule has 1 atom stereocenters. The number of anilines is 1. The van der Waals surface area contributed by atoms with E-state index in [2.05, 4.69) is 30.4 Å². The Bertz CT molecular complexity index is 3050. The van der Waals surface area contributed by atoms with E-state index in [0.717, 1.165) is 14.6 Å². The number of methoxy groups -OCH3 is 3. The van der Waals surface area contributed by atoms with Gasteiger partial charge >= 0.3 is 6.09 Å². The lowest BCUT2D eigenvalue weighted by Crippen LogP contribution is -2.42. The second-order valence-corrected chi connectivity index (χ2v) is 21.1. The average molecular weight is 986 g/mol. The van der Waals surface area contributed by atoms with Crippen LogP contribution in [-0.4, -0.2) is 104 Å². The third-order valence-corrected chi connectivity index (χ3v) is 14.6. The summed E-state index contributed by atoms with van der Waals surface area (Å²) < 4.78 is 87.1. The molecule has 0 radical (unpaired) electrons. The fourth-order valence-corrected chi connectivity index (χ4v) is 11.2. The van der Waals surface area contributed by atoms with E-state index >= 15 is 8.42 Å². The highest BCUT2D eigenvalue weighted by atomic mass is 32.2. The minimum atomic E-state index is -4.97. The number of rotatable bonds is 19. The Labute approximate surface area is 397 Å². The summed E-state index contributed by atoms with van der Waals surface area (Å²) in [6.45, 7) is 3.62. The number of nitrogen functional groups attached to an aromatic ring is 1. The molecule has 0 saturated heterocycles. The Balaban J connectivity index is 1.43. The van der Waals surface area contributed by atoms with E-state index in [9.17, 15) is 18.3 Å². The summed E-state index contributed by atoms with van der Waals surface area (Å²) in [6.07, 6.45) is -2.29. The van der Waals surface area contributed by atoms with E-state index in [1.165, 1.54) is 42.5 Å². The average Bonchev–Trinajstić information content (AvgIpc) is 3.94. The molecule has 7 aromatic rings. The van der Waals surface area contributed by atoms with Crippen molar-refractivity contribution in [2.75, 3.05) is 40.2 Å². The molecule has 1 unspecified atom stereocenters. The largest absolute Gasteiger partial charge is 0.497 e. The number of nitrogens with one attached hydrogen (secondary N) is 2. The van der Waals surface area contributed by atoms with Crippen LogP contribution in [0.5, 0.6) is 17.2 Å². The number of thiazole rings is 1. The van der Waals surface area contributed by atoms with Gasteiger partial charge in [0.25, 0.3) is 0 Å². The Morgan fingerprint density at radius 1 is 0.809 bits per heavy atom. The zero-order valence-electron chi connectivity index (χ0n) is 38.0. The molecule has 7 rings (SSSR count). The first-order chi connectivity index (χ1) is 32.3. The van der Waals surface area contributed by atoms with Crippen molar-refractivity contribution >= 4 is 52.8 Å². The van der Waals surface area contributed by atoms with Crippen LogP contribution in [0.2, 0.25) is 0 Å². The summed E-state index contributed by atoms with van der Waals surface area (Å²) in [6, 6.07) is 28.6. The standard InChI is InChI=1S/C46H51N9O10S3/c1-46(2,3)65-45(57)48-24-33(56)25-49-67(58,59)40-22-20-37(32-13-21-39-38(23-32)50-44(47)66-39)41(43-51-53-55(52-43)28-31-11-18-36(64-6)19-12-31)42(40)68(60,61)54(26-29-7-14-34(62-4)15-8-29)27-30-9-16-35(63-5)17-10-30/h7-23,33,49,56H,24-28H2,1-6H3,(H2,47,50)(H,48,57). The van der Waals surface area contributed by atoms with E-state index in [4.69, 9.17) is 24.7 Å². The first-order valence-corrected chi connectivity index (χ1v) is 24.7. The van der Waals surface area contributed by atoms with E-state index in [-0.39, 0.29) is 36.6 Å². The second kappa shape index (κ2) is 20.7. The van der Waals surface area contributed by atoms with Crippen molar-refractivity contribution in [1.29, 1.82) is 0 Å². The molecule has 0 spiro atoms. The molecule has 0 saturated carbocycles. The van der Waals surface area contributed by atoms with Gasteiger partial charge in [-0.25, -0.2) is 31.3 Å². The number of aromatic nitrogens is 5. The fraction of sp³-hybridized carbons (Fsp3) is 0.283. The van der Waals surface area contributed by atoms with Gasteiger partial charge in [-0.05, 0) is 108 Å². The van der Waals surface area contributed by atoms with Crippen LogP contribution in [-0.2, 0) is 44.4 Å². The number of nitrogens with two attached hydrogens (primary N) is 1. The van der Waals surface area contributed by atoms with E-state index < -0.39 is 60.7 Å². The van der Waals surface area contributed by atoms with Crippen molar-refractivity contribution < 1.29 is 45.7 Å². The van der Waals surface area contributed by atoms with Crippen molar-refractivity contribution in [1.82, 2.24) is 39.5 Å². The molecule has 19 nitrogen and oxygen atoms in total. The van der Waals surface area contributed by atoms with Gasteiger partial charge in [0, 0.05) is 26.2 Å². The summed E-state index contributed by atoms with van der Waals surface area (Å²) in [4.78, 5) is 16.7. The summed E-state index contributed by atoms with van der Waals surface area (Å²) in [5, 5.41) is 27.0. The van der Waals surface area contributed by atoms with Crippen molar-refractivity contribution in [3.63, 3.8) is 0 Å². The van der Waals surface area contributed by atoms with Crippen LogP contribution in [0.3, 0.4) is 0 Å². The van der Waals surface area contributed by atoms with Gasteiger partial charge in [0.15, 0.2) is 5.13 Å². The molecular weight excluding hydrogens is 935 g/mol. The number of alkyl carbamates (subject to hydrolysis) is 1. The number of hydrogen-bond donors (Lipinski definition) is 4. The number of carbonyl (C=O) groups excluding carboxylic acids is 1. The molecular formula is C46H51N9O10S3. The minimum Gasteiger partial charge on any atom is -0.497 e. The fourth-order valence-electron chi connectivity index (χ4n) is 7.01. The zero-order chi connectivity index (χ0) is 48.8. The Hall–Kier alpha value is -6.69. The van der Waals surface area contributed by atoms with Crippen LogP contribution in [0, 0.1) is 0 Å². The number of sulfonamides is 2. The molecule has 0 fully saturated rings. The number of hydrogen-bond acceptors (Lipinski definition) is 16. The molecule has 1 amide bonds. The van der Waals surface area contributed by atoms with Gasteiger partial charge in [-0.15, -0.1) is 10.2 Å². The smallest absolute Gasteiger partial charge is 0.407 e. The molecule has 0 aliphatic heterocycles. The van der Waals surface area contributed by atoms with Crippen LogP contribution in [0.4, 0.5) is 9.93 Å². The first kappa shape index (κ1) is 49.2. The van der Waals surface area contributed by atoms with Crippen LogP contribution in [0.15, 0.2) is 113 Å². The lowest BCUT2D eigenvalue weighted by Gasteiger charge is -2.26. The van der Waals surface area contributed by atoms with E-state index in [1.807, 2.05) is 12.1 Å². The van der Waals surface area contributed by atoms with Crippen LogP contribution in [0.25, 0.3) is 32.7 Å². The number of nitrogens with zero attached hydrogens (tertiary/aromatic N) is 6. The second-order valence-electron chi connectivity index (χ2n) is 16.4. The number of aliphatic hydroxyl groups excluding tert-OH is 1. The molecule has 358 valence electrons. The lowest BCUT2D eigenvalue weighted by atomic mass is 9.99. The maximum absolute atomic E-state index is 16.0. The Kier molecular flexibility index (Phi) is 15.0. The molecule has 0 bridgehead atoms. The highest BCUT2D eigenvalue weighted by Gasteiger charge is 2.38. The van der Waals surface area contributed by atoms with Gasteiger partial charge in [-0.2, -0.15) is 9.10 Å². The van der Waals surface area contributed by atoms with Gasteiger partial charge in [0.2, 0.25) is 25.9 Å². The number of fused-ring (bicyclic) bond motifs is 1. The summed E-state index contributed by atoms with van der Waals surface area (Å²) in [5.41, 5.74) is 8.14. The molecule has 22 heteroatoms. The van der Waals surface area contributed by atoms with Crippen molar-refractivity contribution in [3.05, 3.63) is 120 Å². The number of amides is 1. The lowest BCUT2D eigenvalue weighted by molar-refractivity contribution is 0.0494. The van der Waals surface area contributed by atoms with E-state index in [0.29, 0.717) is 44.6 Å². The zero-order valence-corrected chi connectivity index (χ0v) is 40.5. The predicted octanol–water partition coefficient (Wildman–Crippen LogP) is 5.83. The third-order valence-electron chi connectivity index (χ3n) is 10.3. The Morgan fingerprint density at radius 2 is 1.38 bits per heavy atom. The molecule has 5 aromatic carbocycles. The van der Waals surface area contributed by atoms with Crippen molar-refractivity contribution in [3.8, 4) is 39.8 Å². The number of aliphatic hydroxyl groups is 1. The van der Waals surface area contributed by atoms with Crippen LogP contribution in [0.1, 0.15) is 37.5 Å². The van der Waals surface area contributed by atoms with Crippen LogP contribution >= 0.6 is 11.3 Å². The minimum absolute atomic E-state index is 0.105. The maximum atomic E-state index is 16.0. The quantitative estimate of drug-likeness (QED) is 0.0744. The molecule has 0 aliphatic carbocycles. The number of ether oxygens (including phenoxy) is 4. The van der Waals surface area contributed by atoms with Gasteiger partial charge in [0.05, 0.1) is 49.8 Å². The summed E-state index contributed by atoms with van der Waals surface area (Å²) in [5.74, 6) is 1.50. The van der Waals surface area contributed by atoms with Crippen molar-refractivity contribution in [2.45, 2.75) is 61.9 Å². The SMILES string of the molecule is COc1ccc(CN(Cc2ccc(OC)cc2)S(=O)(=O)c2c(S(=O)(=O)NCC(O)CNC(=O)OC(C)(C)C)ccc(-c3ccc4sc(N)nc4c3)c2-c2nnn(Cc3ccc(OC)cc3)n2)cc1. The van der Waals surface area contributed by atoms with Gasteiger partial charge in [-0.3, -0.25) is 0 Å². The number of tetrazole rings is 1. The highest BCUT2D eigenvalue weighted by Crippen LogP contribution is 2.42. The first-order valence-electron chi connectivity index (χ1n) is 21.0. The Morgan fingerprint density at radius 3 is 1.94 bits per heavy atom. The normalized spacial score (nSPS) is 12.5.